The SMILES string of the molecule is O=C(/C=C\c1cccc(Cl)c1)N1CCN(Cc2ccc3c(c2)OCO3)CC1. The Morgan fingerprint density at radius 3 is 2.67 bits per heavy atom. The first-order valence-electron chi connectivity index (χ1n) is 9.01. The summed E-state index contributed by atoms with van der Waals surface area (Å²) < 4.78 is 10.8. The van der Waals surface area contributed by atoms with E-state index in [1.807, 2.05) is 47.4 Å². The van der Waals surface area contributed by atoms with Crippen molar-refractivity contribution < 1.29 is 14.3 Å². The second kappa shape index (κ2) is 8.03. The molecular weight excluding hydrogens is 364 g/mol. The van der Waals surface area contributed by atoms with E-state index >= 15 is 0 Å². The molecule has 2 aliphatic rings. The molecule has 1 saturated heterocycles. The minimum absolute atomic E-state index is 0.0395. The lowest BCUT2D eigenvalue weighted by molar-refractivity contribution is -0.127. The molecule has 2 aliphatic heterocycles. The molecule has 6 heteroatoms. The van der Waals surface area contributed by atoms with Crippen LogP contribution in [0.15, 0.2) is 48.5 Å². The van der Waals surface area contributed by atoms with Crippen LogP contribution in [0, 0.1) is 0 Å². The van der Waals surface area contributed by atoms with Gasteiger partial charge in [-0.2, -0.15) is 0 Å². The van der Waals surface area contributed by atoms with Crippen molar-refractivity contribution in [2.24, 2.45) is 0 Å². The molecule has 27 heavy (non-hydrogen) atoms. The smallest absolute Gasteiger partial charge is 0.246 e. The number of carbonyl (C=O) groups is 1. The van der Waals surface area contributed by atoms with E-state index in [1.165, 1.54) is 5.56 Å². The van der Waals surface area contributed by atoms with E-state index in [-0.39, 0.29) is 5.91 Å². The maximum atomic E-state index is 12.4. The molecule has 1 fully saturated rings. The zero-order chi connectivity index (χ0) is 18.6. The number of ether oxygens (including phenoxy) is 2. The van der Waals surface area contributed by atoms with E-state index in [2.05, 4.69) is 11.0 Å². The van der Waals surface area contributed by atoms with Crippen LogP contribution in [-0.4, -0.2) is 48.7 Å². The van der Waals surface area contributed by atoms with Crippen LogP contribution in [0.3, 0.4) is 0 Å². The van der Waals surface area contributed by atoms with Crippen LogP contribution in [0.1, 0.15) is 11.1 Å². The van der Waals surface area contributed by atoms with Crippen molar-refractivity contribution in [1.82, 2.24) is 9.80 Å². The maximum Gasteiger partial charge on any atom is 0.246 e. The van der Waals surface area contributed by atoms with Crippen LogP contribution in [-0.2, 0) is 11.3 Å². The third-order valence-electron chi connectivity index (χ3n) is 4.79. The molecule has 0 aromatic heterocycles. The average Bonchev–Trinajstić information content (AvgIpc) is 3.15. The highest BCUT2D eigenvalue weighted by Crippen LogP contribution is 2.32. The first-order chi connectivity index (χ1) is 13.2. The van der Waals surface area contributed by atoms with Crippen LogP contribution in [0.4, 0.5) is 0 Å². The predicted octanol–water partition coefficient (Wildman–Crippen LogP) is 3.43. The van der Waals surface area contributed by atoms with Crippen molar-refractivity contribution in [1.29, 1.82) is 0 Å². The third kappa shape index (κ3) is 4.43. The molecule has 140 valence electrons. The van der Waals surface area contributed by atoms with E-state index in [0.717, 1.165) is 49.8 Å². The van der Waals surface area contributed by atoms with Gasteiger partial charge in [0, 0.05) is 43.8 Å². The van der Waals surface area contributed by atoms with E-state index < -0.39 is 0 Å². The van der Waals surface area contributed by atoms with Gasteiger partial charge in [0.2, 0.25) is 12.7 Å². The van der Waals surface area contributed by atoms with Crippen LogP contribution < -0.4 is 9.47 Å². The van der Waals surface area contributed by atoms with Gasteiger partial charge in [0.1, 0.15) is 0 Å². The van der Waals surface area contributed by atoms with Gasteiger partial charge in [-0.15, -0.1) is 0 Å². The molecule has 1 amide bonds. The number of fused-ring (bicyclic) bond motifs is 1. The maximum absolute atomic E-state index is 12.4. The first-order valence-corrected chi connectivity index (χ1v) is 9.39. The highest BCUT2D eigenvalue weighted by molar-refractivity contribution is 6.30. The summed E-state index contributed by atoms with van der Waals surface area (Å²) in [4.78, 5) is 16.6. The monoisotopic (exact) mass is 384 g/mol. The van der Waals surface area contributed by atoms with Crippen LogP contribution in [0.5, 0.6) is 11.5 Å². The molecule has 0 spiro atoms. The van der Waals surface area contributed by atoms with Gasteiger partial charge in [0.15, 0.2) is 11.5 Å². The Morgan fingerprint density at radius 1 is 1.04 bits per heavy atom. The van der Waals surface area contributed by atoms with Crippen molar-refractivity contribution in [2.75, 3.05) is 33.0 Å². The van der Waals surface area contributed by atoms with Crippen LogP contribution in [0.2, 0.25) is 5.02 Å². The number of rotatable bonds is 4. The topological polar surface area (TPSA) is 42.0 Å². The molecular formula is C21H21ClN2O3. The molecule has 0 radical (unpaired) electrons. The number of halogens is 1. The van der Waals surface area contributed by atoms with Gasteiger partial charge in [-0.1, -0.05) is 29.8 Å². The molecule has 2 heterocycles. The Bertz CT molecular complexity index is 860. The van der Waals surface area contributed by atoms with Crippen molar-refractivity contribution in [3.05, 3.63) is 64.7 Å². The number of hydrogen-bond donors (Lipinski definition) is 0. The molecule has 5 nitrogen and oxygen atoms in total. The van der Waals surface area contributed by atoms with Gasteiger partial charge in [-0.3, -0.25) is 9.69 Å². The second-order valence-electron chi connectivity index (χ2n) is 6.68. The van der Waals surface area contributed by atoms with Gasteiger partial charge in [0.25, 0.3) is 0 Å². The Balaban J connectivity index is 1.29. The van der Waals surface area contributed by atoms with Crippen LogP contribution in [0.25, 0.3) is 6.08 Å². The summed E-state index contributed by atoms with van der Waals surface area (Å²) in [6.45, 7) is 4.29. The van der Waals surface area contributed by atoms with E-state index in [9.17, 15) is 4.79 Å². The van der Waals surface area contributed by atoms with E-state index in [0.29, 0.717) is 11.8 Å². The zero-order valence-electron chi connectivity index (χ0n) is 14.9. The zero-order valence-corrected chi connectivity index (χ0v) is 15.7. The van der Waals surface area contributed by atoms with Crippen molar-refractivity contribution in [3.8, 4) is 11.5 Å². The molecule has 2 aromatic carbocycles. The number of hydrogen-bond acceptors (Lipinski definition) is 4. The summed E-state index contributed by atoms with van der Waals surface area (Å²) in [7, 11) is 0. The Hall–Kier alpha value is -2.50. The normalized spacial score (nSPS) is 16.9. The lowest BCUT2D eigenvalue weighted by Crippen LogP contribution is -2.47. The predicted molar refractivity (Wildman–Crippen MR) is 105 cm³/mol. The summed E-state index contributed by atoms with van der Waals surface area (Å²) in [5.41, 5.74) is 2.12. The highest BCUT2D eigenvalue weighted by atomic mass is 35.5. The molecule has 0 bridgehead atoms. The lowest BCUT2D eigenvalue weighted by Gasteiger charge is -2.34. The lowest BCUT2D eigenvalue weighted by atomic mass is 10.1. The molecule has 0 unspecified atom stereocenters. The molecule has 2 aromatic rings. The first kappa shape index (κ1) is 17.9. The molecule has 0 atom stereocenters. The number of nitrogens with zero attached hydrogens (tertiary/aromatic N) is 2. The number of amides is 1. The number of carbonyl (C=O) groups excluding carboxylic acids is 1. The summed E-state index contributed by atoms with van der Waals surface area (Å²) in [6.07, 6.45) is 3.44. The molecule has 0 N–H and O–H groups in total. The standard InChI is InChI=1S/C21H21ClN2O3/c22-18-3-1-2-16(12-18)5-7-21(25)24-10-8-23(9-11-24)14-17-4-6-19-20(13-17)27-15-26-19/h1-7,12-13H,8-11,14-15H2/b7-5-. The van der Waals surface area contributed by atoms with Crippen LogP contribution >= 0.6 is 11.6 Å². The van der Waals surface area contributed by atoms with Crippen molar-refractivity contribution >= 4 is 23.6 Å². The van der Waals surface area contributed by atoms with Crippen molar-refractivity contribution in [3.63, 3.8) is 0 Å². The summed E-state index contributed by atoms with van der Waals surface area (Å²) in [5, 5.41) is 0.668. The van der Waals surface area contributed by atoms with Gasteiger partial charge < -0.3 is 14.4 Å². The fraction of sp³-hybridized carbons (Fsp3) is 0.286. The summed E-state index contributed by atoms with van der Waals surface area (Å²) in [5.74, 6) is 1.66. The van der Waals surface area contributed by atoms with Gasteiger partial charge in [-0.25, -0.2) is 0 Å². The Morgan fingerprint density at radius 2 is 1.85 bits per heavy atom. The average molecular weight is 385 g/mol. The second-order valence-corrected chi connectivity index (χ2v) is 7.11. The molecule has 0 aliphatic carbocycles. The summed E-state index contributed by atoms with van der Waals surface area (Å²) >= 11 is 5.97. The third-order valence-corrected chi connectivity index (χ3v) is 5.03. The largest absolute Gasteiger partial charge is 0.454 e. The molecule has 4 rings (SSSR count). The van der Waals surface area contributed by atoms with E-state index in [1.54, 1.807) is 6.08 Å². The van der Waals surface area contributed by atoms with Gasteiger partial charge >= 0.3 is 0 Å². The minimum atomic E-state index is 0.0395. The minimum Gasteiger partial charge on any atom is -0.454 e. The van der Waals surface area contributed by atoms with Crippen molar-refractivity contribution in [2.45, 2.75) is 6.54 Å². The number of piperazine rings is 1. The van der Waals surface area contributed by atoms with Gasteiger partial charge in [-0.05, 0) is 41.5 Å². The van der Waals surface area contributed by atoms with Gasteiger partial charge in [0.05, 0.1) is 0 Å². The fourth-order valence-corrected chi connectivity index (χ4v) is 3.51. The van der Waals surface area contributed by atoms with E-state index in [4.69, 9.17) is 21.1 Å². The highest BCUT2D eigenvalue weighted by Gasteiger charge is 2.20. The summed E-state index contributed by atoms with van der Waals surface area (Å²) in [6, 6.07) is 13.5. The quantitative estimate of drug-likeness (QED) is 0.757. The number of benzene rings is 2. The Kier molecular flexibility index (Phi) is 5.32. The Labute approximate surface area is 163 Å². The molecule has 0 saturated carbocycles. The fourth-order valence-electron chi connectivity index (χ4n) is 3.31.